The van der Waals surface area contributed by atoms with E-state index in [4.69, 9.17) is 9.15 Å². The number of amides is 1. The number of furan rings is 1. The highest BCUT2D eigenvalue weighted by Gasteiger charge is 2.33. The molecule has 20 heavy (non-hydrogen) atoms. The molecule has 110 valence electrons. The van der Waals surface area contributed by atoms with E-state index in [0.29, 0.717) is 18.5 Å². The number of carbonyl (C=O) groups excluding carboxylic acids is 2. The second-order valence-corrected chi connectivity index (χ2v) is 6.11. The third kappa shape index (κ3) is 3.62. The number of rotatable bonds is 3. The van der Waals surface area contributed by atoms with Gasteiger partial charge in [0.1, 0.15) is 11.9 Å². The van der Waals surface area contributed by atoms with Crippen LogP contribution in [0, 0.1) is 0 Å². The number of nitrogens with zero attached hydrogens (tertiary/aromatic N) is 1. The van der Waals surface area contributed by atoms with Crippen LogP contribution in [0.5, 0.6) is 0 Å². The molecule has 0 spiro atoms. The topological polar surface area (TPSA) is 59.8 Å². The van der Waals surface area contributed by atoms with Crippen LogP contribution >= 0.6 is 0 Å². The van der Waals surface area contributed by atoms with Gasteiger partial charge < -0.3 is 14.1 Å². The summed E-state index contributed by atoms with van der Waals surface area (Å²) < 4.78 is 10.3. The van der Waals surface area contributed by atoms with E-state index < -0.39 is 5.60 Å². The lowest BCUT2D eigenvalue weighted by Crippen LogP contribution is -2.40. The Labute approximate surface area is 118 Å². The summed E-state index contributed by atoms with van der Waals surface area (Å²) in [5.41, 5.74) is 0.0414. The Morgan fingerprint density at radius 3 is 2.80 bits per heavy atom. The van der Waals surface area contributed by atoms with E-state index >= 15 is 0 Å². The molecule has 1 aromatic heterocycles. The summed E-state index contributed by atoms with van der Waals surface area (Å²) in [6, 6.07) is 1.57. The lowest BCUT2D eigenvalue weighted by Gasteiger charge is -2.28. The monoisotopic (exact) mass is 279 g/mol. The highest BCUT2D eigenvalue weighted by molar-refractivity contribution is 5.96. The van der Waals surface area contributed by atoms with Crippen molar-refractivity contribution in [1.82, 2.24) is 4.90 Å². The Bertz CT molecular complexity index is 473. The molecular formula is C15H21NO4. The Morgan fingerprint density at radius 1 is 1.45 bits per heavy atom. The predicted molar refractivity (Wildman–Crippen MR) is 73.6 cm³/mol. The molecular weight excluding hydrogens is 258 g/mol. The number of hydrogen-bond acceptors (Lipinski definition) is 4. The van der Waals surface area contributed by atoms with E-state index in [2.05, 4.69) is 0 Å². The minimum absolute atomic E-state index is 0.000733. The van der Waals surface area contributed by atoms with Gasteiger partial charge >= 0.3 is 6.09 Å². The number of hydrogen-bond donors (Lipinski definition) is 0. The molecule has 2 heterocycles. The van der Waals surface area contributed by atoms with Crippen molar-refractivity contribution in [1.29, 1.82) is 0 Å². The van der Waals surface area contributed by atoms with Crippen molar-refractivity contribution < 1.29 is 18.7 Å². The SMILES string of the molecule is CC(C)(C)OC(=O)N1CCCC1CC(=O)c1ccoc1. The number of Topliss-reactive ketones (excluding diaryl/α,β-unsaturated/α-hetero) is 1. The fourth-order valence-corrected chi connectivity index (χ4v) is 2.36. The number of ether oxygens (including phenoxy) is 1. The van der Waals surface area contributed by atoms with Crippen molar-refractivity contribution in [2.75, 3.05) is 6.54 Å². The van der Waals surface area contributed by atoms with Gasteiger partial charge in [0.2, 0.25) is 0 Å². The summed E-state index contributed by atoms with van der Waals surface area (Å²) in [4.78, 5) is 25.9. The molecule has 1 aliphatic heterocycles. The number of likely N-dealkylation sites (tertiary alicyclic amines) is 1. The van der Waals surface area contributed by atoms with Crippen LogP contribution in [0.25, 0.3) is 0 Å². The van der Waals surface area contributed by atoms with Crippen molar-refractivity contribution in [2.45, 2.75) is 51.7 Å². The molecule has 0 saturated carbocycles. The molecule has 0 N–H and O–H groups in total. The molecule has 0 aromatic carbocycles. The zero-order valence-corrected chi connectivity index (χ0v) is 12.2. The zero-order valence-electron chi connectivity index (χ0n) is 12.2. The summed E-state index contributed by atoms with van der Waals surface area (Å²) in [6.45, 7) is 6.17. The highest BCUT2D eigenvalue weighted by Crippen LogP contribution is 2.24. The summed E-state index contributed by atoms with van der Waals surface area (Å²) in [5.74, 6) is -0.000733. The van der Waals surface area contributed by atoms with Crippen molar-refractivity contribution in [3.63, 3.8) is 0 Å². The van der Waals surface area contributed by atoms with Crippen molar-refractivity contribution >= 4 is 11.9 Å². The normalized spacial score (nSPS) is 19.1. The molecule has 1 saturated heterocycles. The summed E-state index contributed by atoms with van der Waals surface area (Å²) in [7, 11) is 0. The van der Waals surface area contributed by atoms with Gasteiger partial charge in [-0.2, -0.15) is 0 Å². The van der Waals surface area contributed by atoms with Gasteiger partial charge in [0, 0.05) is 19.0 Å². The molecule has 1 aliphatic rings. The Morgan fingerprint density at radius 2 is 2.20 bits per heavy atom. The van der Waals surface area contributed by atoms with Crippen LogP contribution in [-0.2, 0) is 4.74 Å². The van der Waals surface area contributed by atoms with E-state index in [0.717, 1.165) is 12.8 Å². The molecule has 1 aromatic rings. The molecule has 5 nitrogen and oxygen atoms in total. The average molecular weight is 279 g/mol. The van der Waals surface area contributed by atoms with Gasteiger partial charge in [0.25, 0.3) is 0 Å². The molecule has 2 rings (SSSR count). The third-order valence-corrected chi connectivity index (χ3v) is 3.27. The van der Waals surface area contributed by atoms with Crippen molar-refractivity contribution in [3.8, 4) is 0 Å². The van der Waals surface area contributed by atoms with Gasteiger partial charge in [-0.25, -0.2) is 4.79 Å². The van der Waals surface area contributed by atoms with Crippen LogP contribution in [-0.4, -0.2) is 35.0 Å². The van der Waals surface area contributed by atoms with E-state index in [-0.39, 0.29) is 17.9 Å². The first-order valence-corrected chi connectivity index (χ1v) is 6.92. The molecule has 0 radical (unpaired) electrons. The van der Waals surface area contributed by atoms with Crippen LogP contribution in [0.2, 0.25) is 0 Å². The van der Waals surface area contributed by atoms with Gasteiger partial charge in [-0.1, -0.05) is 0 Å². The van der Waals surface area contributed by atoms with E-state index in [9.17, 15) is 9.59 Å². The highest BCUT2D eigenvalue weighted by atomic mass is 16.6. The molecule has 1 fully saturated rings. The first kappa shape index (κ1) is 14.6. The summed E-state index contributed by atoms with van der Waals surface area (Å²) in [6.07, 6.45) is 4.65. The van der Waals surface area contributed by atoms with Crippen LogP contribution in [0.1, 0.15) is 50.4 Å². The molecule has 1 amide bonds. The van der Waals surface area contributed by atoms with Crippen LogP contribution in [0.3, 0.4) is 0 Å². The second-order valence-electron chi connectivity index (χ2n) is 6.11. The average Bonchev–Trinajstić information content (AvgIpc) is 2.96. The van der Waals surface area contributed by atoms with E-state index in [1.165, 1.54) is 12.5 Å². The quantitative estimate of drug-likeness (QED) is 0.797. The summed E-state index contributed by atoms with van der Waals surface area (Å²) >= 11 is 0. The third-order valence-electron chi connectivity index (χ3n) is 3.27. The first-order valence-electron chi connectivity index (χ1n) is 6.92. The minimum Gasteiger partial charge on any atom is -0.472 e. The zero-order chi connectivity index (χ0) is 14.8. The predicted octanol–water partition coefficient (Wildman–Crippen LogP) is 3.25. The number of carbonyl (C=O) groups is 2. The maximum Gasteiger partial charge on any atom is 0.410 e. The van der Waals surface area contributed by atoms with Gasteiger partial charge in [-0.3, -0.25) is 4.79 Å². The fraction of sp³-hybridized carbons (Fsp3) is 0.600. The van der Waals surface area contributed by atoms with Crippen LogP contribution < -0.4 is 0 Å². The van der Waals surface area contributed by atoms with Gasteiger partial charge in [0.15, 0.2) is 5.78 Å². The van der Waals surface area contributed by atoms with Crippen LogP contribution in [0.4, 0.5) is 4.79 Å². The van der Waals surface area contributed by atoms with Gasteiger partial charge in [0.05, 0.1) is 11.8 Å². The fourth-order valence-electron chi connectivity index (χ4n) is 2.36. The first-order chi connectivity index (χ1) is 9.37. The Balaban J connectivity index is 1.97. The lowest BCUT2D eigenvalue weighted by atomic mass is 10.0. The Hall–Kier alpha value is -1.78. The molecule has 1 atom stereocenters. The molecule has 0 aliphatic carbocycles. The largest absolute Gasteiger partial charge is 0.472 e. The lowest BCUT2D eigenvalue weighted by molar-refractivity contribution is 0.0223. The smallest absolute Gasteiger partial charge is 0.410 e. The van der Waals surface area contributed by atoms with E-state index in [1.54, 1.807) is 11.0 Å². The number of ketones is 1. The van der Waals surface area contributed by atoms with Gasteiger partial charge in [-0.15, -0.1) is 0 Å². The molecule has 5 heteroatoms. The standard InChI is InChI=1S/C15H21NO4/c1-15(2,3)20-14(18)16-7-4-5-12(16)9-13(17)11-6-8-19-10-11/h6,8,10,12H,4-5,7,9H2,1-3H3. The van der Waals surface area contributed by atoms with Crippen molar-refractivity contribution in [3.05, 3.63) is 24.2 Å². The maximum absolute atomic E-state index is 12.1. The van der Waals surface area contributed by atoms with E-state index in [1.807, 2.05) is 20.8 Å². The maximum atomic E-state index is 12.1. The molecule has 1 unspecified atom stereocenters. The van der Waals surface area contributed by atoms with Crippen molar-refractivity contribution in [2.24, 2.45) is 0 Å². The minimum atomic E-state index is -0.515. The second kappa shape index (κ2) is 5.69. The summed E-state index contributed by atoms with van der Waals surface area (Å²) in [5, 5.41) is 0. The van der Waals surface area contributed by atoms with Crippen LogP contribution in [0.15, 0.2) is 23.0 Å². The molecule has 0 bridgehead atoms. The van der Waals surface area contributed by atoms with Gasteiger partial charge in [-0.05, 0) is 39.7 Å². The Kier molecular flexibility index (Phi) is 4.16.